The molecule has 2 aliphatic rings. The summed E-state index contributed by atoms with van der Waals surface area (Å²) in [5.41, 5.74) is 4.35. The lowest BCUT2D eigenvalue weighted by atomic mass is 9.91. The summed E-state index contributed by atoms with van der Waals surface area (Å²) in [5.74, 6) is 2.72. The normalized spacial score (nSPS) is 16.6. The number of hydrogen-bond acceptors (Lipinski definition) is 6. The number of aryl methyl sites for hydroxylation is 1. The molecule has 0 amide bonds. The lowest BCUT2D eigenvalue weighted by Crippen LogP contribution is -2.33. The number of phenolic OH excluding ortho intramolecular Hbond substituents is 1. The fraction of sp³-hybridized carbons (Fsp3) is 0.536. The fourth-order valence-corrected chi connectivity index (χ4v) is 5.00. The van der Waals surface area contributed by atoms with Crippen LogP contribution in [0.3, 0.4) is 0 Å². The first-order chi connectivity index (χ1) is 16.5. The van der Waals surface area contributed by atoms with Crippen LogP contribution in [0, 0.1) is 11.8 Å². The van der Waals surface area contributed by atoms with E-state index in [0.717, 1.165) is 85.4 Å². The van der Waals surface area contributed by atoms with Crippen molar-refractivity contribution in [2.24, 2.45) is 11.8 Å². The van der Waals surface area contributed by atoms with Gasteiger partial charge in [-0.25, -0.2) is 0 Å². The Morgan fingerprint density at radius 1 is 1.00 bits per heavy atom. The molecule has 2 aromatic carbocycles. The smallest absolute Gasteiger partial charge is 0.175 e. The van der Waals surface area contributed by atoms with E-state index in [1.54, 1.807) is 12.1 Å². The molecule has 0 spiro atoms. The number of aromatic hydroxyl groups is 1. The molecule has 1 N–H and O–H groups in total. The van der Waals surface area contributed by atoms with Gasteiger partial charge in [-0.3, -0.25) is 4.90 Å². The third-order valence-corrected chi connectivity index (χ3v) is 7.26. The first-order valence-electron chi connectivity index (χ1n) is 12.7. The Bertz CT molecular complexity index is 1090. The van der Waals surface area contributed by atoms with Crippen LogP contribution in [0.1, 0.15) is 48.9 Å². The van der Waals surface area contributed by atoms with E-state index in [1.165, 1.54) is 31.2 Å². The van der Waals surface area contributed by atoms with Gasteiger partial charge in [0.15, 0.2) is 5.58 Å². The Morgan fingerprint density at radius 3 is 2.39 bits per heavy atom. The molecule has 1 saturated carbocycles. The second-order valence-electron chi connectivity index (χ2n) is 10.5. The summed E-state index contributed by atoms with van der Waals surface area (Å²) < 4.78 is 12.1. The van der Waals surface area contributed by atoms with E-state index in [1.807, 2.05) is 12.1 Å². The molecule has 2 fully saturated rings. The molecule has 5 rings (SSSR count). The highest BCUT2D eigenvalue weighted by atomic mass is 35.5. The molecule has 1 aliphatic heterocycles. The maximum absolute atomic E-state index is 9.48. The summed E-state index contributed by atoms with van der Waals surface area (Å²) in [7, 11) is 4.16. The number of benzene rings is 2. The van der Waals surface area contributed by atoms with Gasteiger partial charge in [0.05, 0.1) is 17.9 Å². The van der Waals surface area contributed by atoms with Crippen LogP contribution in [0.4, 0.5) is 0 Å². The number of halogens is 2. The average Bonchev–Trinajstić information content (AvgIpc) is 3.57. The molecule has 0 unspecified atom stereocenters. The van der Waals surface area contributed by atoms with E-state index in [0.29, 0.717) is 5.75 Å². The fourth-order valence-electron chi connectivity index (χ4n) is 5.00. The number of likely N-dealkylation sites (tertiary alicyclic amines) is 1. The Hall–Kier alpha value is -1.99. The van der Waals surface area contributed by atoms with E-state index < -0.39 is 0 Å². The first-order valence-corrected chi connectivity index (χ1v) is 12.7. The van der Waals surface area contributed by atoms with Crippen molar-refractivity contribution >= 4 is 35.8 Å². The van der Waals surface area contributed by atoms with Crippen LogP contribution in [0.2, 0.25) is 0 Å². The van der Waals surface area contributed by atoms with Gasteiger partial charge < -0.3 is 19.3 Å². The van der Waals surface area contributed by atoms with Crippen LogP contribution in [0.5, 0.6) is 11.5 Å². The third-order valence-electron chi connectivity index (χ3n) is 7.26. The minimum absolute atomic E-state index is 0. The standard InChI is InChI=1S/C28H37N3O3.2ClH/c1-30(2)18-25-27(33-19-22-3-4-22)12-10-24-26(29-34-28(24)25)11-7-20-13-15-31(16-14-20)17-21-5-8-23(32)9-6-21;;/h5-6,8-10,12,20,22,32H,3-4,7,11,13-19H2,1-2H3;2*1H. The summed E-state index contributed by atoms with van der Waals surface area (Å²) in [5, 5.41) is 15.1. The number of fused-ring (bicyclic) bond motifs is 1. The lowest BCUT2D eigenvalue weighted by molar-refractivity contribution is 0.172. The number of hydrogen-bond donors (Lipinski definition) is 1. The number of nitrogens with zero attached hydrogens (tertiary/aromatic N) is 3. The van der Waals surface area contributed by atoms with Gasteiger partial charge in [-0.05, 0) is 107 Å². The Balaban J connectivity index is 0.00000180. The summed E-state index contributed by atoms with van der Waals surface area (Å²) in [6.45, 7) is 4.80. The lowest BCUT2D eigenvalue weighted by Gasteiger charge is -2.32. The molecule has 6 nitrogen and oxygen atoms in total. The van der Waals surface area contributed by atoms with Crippen LogP contribution in [0.15, 0.2) is 40.9 Å². The first kappa shape index (κ1) is 28.6. The zero-order valence-corrected chi connectivity index (χ0v) is 23.0. The van der Waals surface area contributed by atoms with Crippen molar-refractivity contribution in [3.63, 3.8) is 0 Å². The van der Waals surface area contributed by atoms with Crippen molar-refractivity contribution in [3.05, 3.63) is 53.2 Å². The number of phenols is 1. The van der Waals surface area contributed by atoms with Crippen LogP contribution in [-0.2, 0) is 19.5 Å². The summed E-state index contributed by atoms with van der Waals surface area (Å²) in [6.07, 6.45) is 7.12. The molecule has 0 radical (unpaired) electrons. The molecule has 0 bridgehead atoms. The van der Waals surface area contributed by atoms with Crippen molar-refractivity contribution in [2.75, 3.05) is 33.8 Å². The molecule has 1 aromatic heterocycles. The van der Waals surface area contributed by atoms with Crippen LogP contribution in [0.25, 0.3) is 11.0 Å². The topological polar surface area (TPSA) is 62.0 Å². The highest BCUT2D eigenvalue weighted by Gasteiger charge is 2.24. The van der Waals surface area contributed by atoms with Gasteiger partial charge in [0.2, 0.25) is 0 Å². The van der Waals surface area contributed by atoms with Gasteiger partial charge in [-0.15, -0.1) is 24.8 Å². The van der Waals surface area contributed by atoms with E-state index in [4.69, 9.17) is 9.26 Å². The zero-order valence-electron chi connectivity index (χ0n) is 21.3. The molecule has 0 atom stereocenters. The minimum atomic E-state index is 0. The summed E-state index contributed by atoms with van der Waals surface area (Å²) in [4.78, 5) is 4.68. The number of aromatic nitrogens is 1. The van der Waals surface area contributed by atoms with Crippen LogP contribution >= 0.6 is 24.8 Å². The van der Waals surface area contributed by atoms with Crippen molar-refractivity contribution in [3.8, 4) is 11.5 Å². The van der Waals surface area contributed by atoms with Gasteiger partial charge in [0, 0.05) is 18.5 Å². The monoisotopic (exact) mass is 535 g/mol. The zero-order chi connectivity index (χ0) is 23.5. The highest BCUT2D eigenvalue weighted by molar-refractivity contribution is 5.86. The Kier molecular flexibility index (Phi) is 10.3. The molecule has 2 heterocycles. The maximum atomic E-state index is 9.48. The maximum Gasteiger partial charge on any atom is 0.175 e. The number of piperidine rings is 1. The predicted molar refractivity (Wildman–Crippen MR) is 149 cm³/mol. The van der Waals surface area contributed by atoms with Gasteiger partial charge >= 0.3 is 0 Å². The Labute approximate surface area is 226 Å². The average molecular weight is 537 g/mol. The van der Waals surface area contributed by atoms with Crippen molar-refractivity contribution < 1.29 is 14.4 Å². The van der Waals surface area contributed by atoms with Gasteiger partial charge in [-0.1, -0.05) is 17.3 Å². The molecular weight excluding hydrogens is 497 g/mol. The molecule has 198 valence electrons. The Morgan fingerprint density at radius 2 is 1.72 bits per heavy atom. The molecule has 36 heavy (non-hydrogen) atoms. The minimum Gasteiger partial charge on any atom is -0.508 e. The van der Waals surface area contributed by atoms with Crippen molar-refractivity contribution in [2.45, 2.75) is 51.6 Å². The molecule has 8 heteroatoms. The van der Waals surface area contributed by atoms with Crippen LogP contribution < -0.4 is 4.74 Å². The SMILES string of the molecule is CN(C)Cc1c(OCC2CC2)ccc2c(CCC3CCN(Cc4ccc(O)cc4)CC3)noc12.Cl.Cl. The van der Waals surface area contributed by atoms with Crippen LogP contribution in [-0.4, -0.2) is 53.9 Å². The van der Waals surface area contributed by atoms with Crippen molar-refractivity contribution in [1.29, 1.82) is 0 Å². The quantitative estimate of drug-likeness (QED) is 0.339. The van der Waals surface area contributed by atoms with E-state index in [-0.39, 0.29) is 24.8 Å². The molecule has 1 saturated heterocycles. The van der Waals surface area contributed by atoms with Gasteiger partial charge in [0.25, 0.3) is 0 Å². The molecular formula is C28H39Cl2N3O3. The van der Waals surface area contributed by atoms with Gasteiger partial charge in [-0.2, -0.15) is 0 Å². The van der Waals surface area contributed by atoms with E-state index >= 15 is 0 Å². The molecule has 1 aliphatic carbocycles. The van der Waals surface area contributed by atoms with E-state index in [9.17, 15) is 5.11 Å². The van der Waals surface area contributed by atoms with E-state index in [2.05, 4.69) is 41.2 Å². The summed E-state index contributed by atoms with van der Waals surface area (Å²) in [6, 6.07) is 11.8. The number of rotatable bonds is 10. The largest absolute Gasteiger partial charge is 0.508 e. The second-order valence-corrected chi connectivity index (χ2v) is 10.5. The number of ether oxygens (including phenoxy) is 1. The third kappa shape index (κ3) is 7.28. The van der Waals surface area contributed by atoms with Gasteiger partial charge in [0.1, 0.15) is 11.5 Å². The highest BCUT2D eigenvalue weighted by Crippen LogP contribution is 2.35. The predicted octanol–water partition coefficient (Wildman–Crippen LogP) is 6.07. The second kappa shape index (κ2) is 13.0. The van der Waals surface area contributed by atoms with Crippen molar-refractivity contribution in [1.82, 2.24) is 15.0 Å². The molecule has 3 aromatic rings. The summed E-state index contributed by atoms with van der Waals surface area (Å²) >= 11 is 0.